The second-order valence-electron chi connectivity index (χ2n) is 5.29. The van der Waals surface area contributed by atoms with E-state index in [1.54, 1.807) is 12.1 Å². The van der Waals surface area contributed by atoms with Gasteiger partial charge < -0.3 is 4.74 Å². The Kier molecular flexibility index (Phi) is 3.51. The molecular weight excluding hydrogens is 334 g/mol. The summed E-state index contributed by atoms with van der Waals surface area (Å²) in [6, 6.07) is 12.7. The van der Waals surface area contributed by atoms with Gasteiger partial charge in [0.05, 0.1) is 11.7 Å². The van der Waals surface area contributed by atoms with Crippen molar-refractivity contribution in [3.05, 3.63) is 48.0 Å². The molecule has 0 spiro atoms. The molecule has 8 heteroatoms. The summed E-state index contributed by atoms with van der Waals surface area (Å²) in [5.41, 5.74) is 2.09. The van der Waals surface area contributed by atoms with Crippen molar-refractivity contribution in [1.82, 2.24) is 13.5 Å². The molecule has 0 bridgehead atoms. The topological polar surface area (TPSA) is 81.2 Å². The molecule has 1 atom stereocenters. The number of hydrogen-bond acceptors (Lipinski definition) is 6. The lowest BCUT2D eigenvalue weighted by molar-refractivity contribution is 0.236. The van der Waals surface area contributed by atoms with Crippen LogP contribution in [0.4, 0.5) is 0 Å². The highest BCUT2D eigenvalue weighted by Gasteiger charge is 2.26. The standard InChI is InChI=1S/C15H13N3O3S2/c19-23(20,14-7-3-5-12-15(14)18-22-17-12)16-9-11-8-10-4-1-2-6-13(10)21-11/h1-7,11,16H,8-9H2/t11-/m1/s1. The van der Waals surface area contributed by atoms with Gasteiger partial charge in [-0.15, -0.1) is 0 Å². The number of sulfonamides is 1. The smallest absolute Gasteiger partial charge is 0.242 e. The van der Waals surface area contributed by atoms with Gasteiger partial charge in [0.2, 0.25) is 10.0 Å². The van der Waals surface area contributed by atoms with Crippen molar-refractivity contribution in [1.29, 1.82) is 0 Å². The summed E-state index contributed by atoms with van der Waals surface area (Å²) in [6.07, 6.45) is 0.496. The van der Waals surface area contributed by atoms with Crippen molar-refractivity contribution < 1.29 is 13.2 Å². The van der Waals surface area contributed by atoms with Crippen molar-refractivity contribution in [2.75, 3.05) is 6.54 Å². The van der Waals surface area contributed by atoms with E-state index in [0.717, 1.165) is 23.0 Å². The fourth-order valence-electron chi connectivity index (χ4n) is 2.65. The molecule has 2 heterocycles. The summed E-state index contributed by atoms with van der Waals surface area (Å²) in [7, 11) is -3.66. The van der Waals surface area contributed by atoms with Gasteiger partial charge in [0.15, 0.2) is 0 Å². The molecule has 0 saturated carbocycles. The highest BCUT2D eigenvalue weighted by Crippen LogP contribution is 2.28. The Morgan fingerprint density at radius 2 is 2.04 bits per heavy atom. The van der Waals surface area contributed by atoms with Gasteiger partial charge in [0.1, 0.15) is 27.8 Å². The second-order valence-corrected chi connectivity index (χ2v) is 7.56. The van der Waals surface area contributed by atoms with E-state index in [4.69, 9.17) is 4.74 Å². The minimum absolute atomic E-state index is 0.152. The van der Waals surface area contributed by atoms with Gasteiger partial charge in [0.25, 0.3) is 0 Å². The third-order valence-corrected chi connectivity index (χ3v) is 5.75. The van der Waals surface area contributed by atoms with Crippen molar-refractivity contribution in [3.8, 4) is 5.75 Å². The molecule has 3 aromatic rings. The van der Waals surface area contributed by atoms with Crippen LogP contribution in [0.5, 0.6) is 5.75 Å². The zero-order valence-electron chi connectivity index (χ0n) is 12.0. The van der Waals surface area contributed by atoms with Gasteiger partial charge in [-0.1, -0.05) is 24.3 Å². The number of nitrogens with one attached hydrogen (secondary N) is 1. The van der Waals surface area contributed by atoms with Gasteiger partial charge in [-0.3, -0.25) is 0 Å². The maximum atomic E-state index is 12.5. The van der Waals surface area contributed by atoms with Crippen LogP contribution >= 0.6 is 11.7 Å². The molecule has 4 rings (SSSR count). The number of rotatable bonds is 4. The highest BCUT2D eigenvalue weighted by molar-refractivity contribution is 7.89. The van der Waals surface area contributed by atoms with Gasteiger partial charge >= 0.3 is 0 Å². The number of hydrogen-bond donors (Lipinski definition) is 1. The van der Waals surface area contributed by atoms with Crippen LogP contribution in [0.2, 0.25) is 0 Å². The van der Waals surface area contributed by atoms with E-state index in [1.165, 1.54) is 6.07 Å². The largest absolute Gasteiger partial charge is 0.488 e. The molecule has 2 aromatic carbocycles. The average molecular weight is 347 g/mol. The lowest BCUT2D eigenvalue weighted by atomic mass is 10.1. The first-order chi connectivity index (χ1) is 11.1. The maximum Gasteiger partial charge on any atom is 0.242 e. The summed E-state index contributed by atoms with van der Waals surface area (Å²) >= 11 is 1.00. The Hall–Kier alpha value is -2.03. The van der Waals surface area contributed by atoms with Gasteiger partial charge in [-0.25, -0.2) is 13.1 Å². The SMILES string of the molecule is O=S(=O)(NC[C@H]1Cc2ccccc2O1)c1cccc2nsnc12. The van der Waals surface area contributed by atoms with E-state index in [-0.39, 0.29) is 17.5 Å². The first-order valence-corrected chi connectivity index (χ1v) is 9.30. The average Bonchev–Trinajstić information content (AvgIpc) is 3.18. The van der Waals surface area contributed by atoms with Crippen LogP contribution in [0.3, 0.4) is 0 Å². The first kappa shape index (κ1) is 14.6. The molecule has 1 aliphatic rings. The van der Waals surface area contributed by atoms with Crippen LogP contribution in [0, 0.1) is 0 Å². The number of nitrogens with zero attached hydrogens (tertiary/aromatic N) is 2. The van der Waals surface area contributed by atoms with Gasteiger partial charge in [-0.2, -0.15) is 8.75 Å². The number of benzene rings is 2. The molecule has 1 aromatic heterocycles. The third kappa shape index (κ3) is 2.69. The number of aromatic nitrogens is 2. The van der Waals surface area contributed by atoms with Crippen molar-refractivity contribution in [3.63, 3.8) is 0 Å². The predicted molar refractivity (Wildman–Crippen MR) is 87.2 cm³/mol. The molecule has 1 aliphatic heterocycles. The summed E-state index contributed by atoms with van der Waals surface area (Å²) in [4.78, 5) is 0.152. The zero-order valence-corrected chi connectivity index (χ0v) is 13.6. The quantitative estimate of drug-likeness (QED) is 0.780. The molecule has 0 saturated heterocycles. The number of fused-ring (bicyclic) bond motifs is 2. The molecule has 6 nitrogen and oxygen atoms in total. The van der Waals surface area contributed by atoms with Crippen LogP contribution < -0.4 is 9.46 Å². The summed E-state index contributed by atoms with van der Waals surface area (Å²) in [5, 5.41) is 0. The molecule has 1 N–H and O–H groups in total. The predicted octanol–water partition coefficient (Wildman–Crippen LogP) is 1.97. The molecule has 0 aliphatic carbocycles. The van der Waals surface area contributed by atoms with Crippen LogP contribution in [0.1, 0.15) is 5.56 Å². The normalized spacial score (nSPS) is 17.1. The third-order valence-electron chi connectivity index (χ3n) is 3.75. The lowest BCUT2D eigenvalue weighted by Gasteiger charge is -2.12. The van der Waals surface area contributed by atoms with Crippen LogP contribution in [0.15, 0.2) is 47.4 Å². The van der Waals surface area contributed by atoms with Crippen LogP contribution in [0.25, 0.3) is 11.0 Å². The Bertz CT molecular complexity index is 944. The maximum absolute atomic E-state index is 12.5. The Morgan fingerprint density at radius 3 is 2.91 bits per heavy atom. The van der Waals surface area contributed by atoms with Gasteiger partial charge in [-0.05, 0) is 23.8 Å². The Morgan fingerprint density at radius 1 is 1.17 bits per heavy atom. The fraction of sp³-hybridized carbons (Fsp3) is 0.200. The van der Waals surface area contributed by atoms with Crippen molar-refractivity contribution in [2.45, 2.75) is 17.4 Å². The molecule has 23 heavy (non-hydrogen) atoms. The van der Waals surface area contributed by atoms with E-state index in [9.17, 15) is 8.42 Å². The zero-order chi connectivity index (χ0) is 15.9. The molecule has 0 unspecified atom stereocenters. The molecule has 0 fully saturated rings. The fourth-order valence-corrected chi connectivity index (χ4v) is 4.48. The van der Waals surface area contributed by atoms with Crippen molar-refractivity contribution in [2.24, 2.45) is 0 Å². The summed E-state index contributed by atoms with van der Waals surface area (Å²) in [5.74, 6) is 0.822. The Labute approximate surface area is 137 Å². The molecule has 118 valence electrons. The summed E-state index contributed by atoms with van der Waals surface area (Å²) in [6.45, 7) is 0.213. The first-order valence-electron chi connectivity index (χ1n) is 7.09. The lowest BCUT2D eigenvalue weighted by Crippen LogP contribution is -2.34. The van der Waals surface area contributed by atoms with Crippen LogP contribution in [-0.4, -0.2) is 29.8 Å². The molecular formula is C15H13N3O3S2. The highest BCUT2D eigenvalue weighted by atomic mass is 32.2. The van der Waals surface area contributed by atoms with E-state index >= 15 is 0 Å². The molecule has 0 radical (unpaired) electrons. The van der Waals surface area contributed by atoms with Gasteiger partial charge in [0, 0.05) is 13.0 Å². The van der Waals surface area contributed by atoms with Crippen LogP contribution in [-0.2, 0) is 16.4 Å². The minimum atomic E-state index is -3.66. The van der Waals surface area contributed by atoms with Crippen molar-refractivity contribution >= 4 is 32.8 Å². The second kappa shape index (κ2) is 5.55. The molecule has 0 amide bonds. The Balaban J connectivity index is 1.52. The van der Waals surface area contributed by atoms with E-state index in [0.29, 0.717) is 17.5 Å². The van der Waals surface area contributed by atoms with E-state index < -0.39 is 10.0 Å². The monoisotopic (exact) mass is 347 g/mol. The minimum Gasteiger partial charge on any atom is -0.488 e. The summed E-state index contributed by atoms with van der Waals surface area (Å²) < 4.78 is 41.6. The van der Waals surface area contributed by atoms with E-state index in [1.807, 2.05) is 24.3 Å². The number of ether oxygens (including phenoxy) is 1. The number of para-hydroxylation sites is 1. The van der Waals surface area contributed by atoms with E-state index in [2.05, 4.69) is 13.5 Å².